The van der Waals surface area contributed by atoms with E-state index in [1.807, 2.05) is 6.92 Å². The molecule has 162 valence electrons. The van der Waals surface area contributed by atoms with Gasteiger partial charge in [-0.3, -0.25) is 9.46 Å². The standard InChI is InChI=1S/C21H44NO3PS/c1-14-17(23)27-21(12,13)20(10,11)24-18(6,7)19(8,9)25-26-22(15(2)3)16(4)5/h15-16,26H,14H2,1-13H3. The molecule has 0 N–H and O–H groups in total. The van der Waals surface area contributed by atoms with Gasteiger partial charge in [0.1, 0.15) is 0 Å². The van der Waals surface area contributed by atoms with E-state index in [0.717, 1.165) is 0 Å². The average Bonchev–Trinajstić information content (AvgIpc) is 2.44. The maximum atomic E-state index is 12.0. The monoisotopic (exact) mass is 421 g/mol. The van der Waals surface area contributed by atoms with Crippen LogP contribution in [0.2, 0.25) is 0 Å². The van der Waals surface area contributed by atoms with Crippen LogP contribution in [0.15, 0.2) is 0 Å². The van der Waals surface area contributed by atoms with Crippen LogP contribution < -0.4 is 0 Å². The van der Waals surface area contributed by atoms with Gasteiger partial charge >= 0.3 is 0 Å². The van der Waals surface area contributed by atoms with Gasteiger partial charge < -0.3 is 9.26 Å². The molecule has 0 aromatic heterocycles. The van der Waals surface area contributed by atoms with Crippen molar-refractivity contribution in [3.8, 4) is 0 Å². The second kappa shape index (κ2) is 9.89. The molecule has 0 aromatic rings. The number of rotatable bonds is 11. The Morgan fingerprint density at radius 1 is 0.889 bits per heavy atom. The summed E-state index contributed by atoms with van der Waals surface area (Å²) in [4.78, 5) is 12.0. The van der Waals surface area contributed by atoms with Crippen LogP contribution in [0.4, 0.5) is 0 Å². The SMILES string of the molecule is CCC(=O)SC(C)(C)C(C)(C)OC(C)(C)C(C)(C)OPN(C(C)C)C(C)C. The summed E-state index contributed by atoms with van der Waals surface area (Å²) in [6.07, 6.45) is 0.531. The first kappa shape index (κ1) is 27.3. The molecule has 0 aliphatic rings. The first-order chi connectivity index (χ1) is 11.9. The fourth-order valence-electron chi connectivity index (χ4n) is 2.46. The maximum absolute atomic E-state index is 12.0. The highest BCUT2D eigenvalue weighted by Crippen LogP contribution is 2.45. The van der Waals surface area contributed by atoms with Crippen molar-refractivity contribution in [2.24, 2.45) is 0 Å². The van der Waals surface area contributed by atoms with Crippen LogP contribution in [0, 0.1) is 0 Å². The van der Waals surface area contributed by atoms with Gasteiger partial charge in [-0.25, -0.2) is 0 Å². The van der Waals surface area contributed by atoms with Crippen LogP contribution in [0.1, 0.15) is 96.4 Å². The van der Waals surface area contributed by atoms with Gasteiger partial charge in [-0.2, -0.15) is 0 Å². The number of hydrogen-bond acceptors (Lipinski definition) is 5. The largest absolute Gasteiger partial charge is 0.365 e. The number of carbonyl (C=O) groups is 1. The average molecular weight is 422 g/mol. The van der Waals surface area contributed by atoms with Gasteiger partial charge in [-0.05, 0) is 83.1 Å². The van der Waals surface area contributed by atoms with Gasteiger partial charge in [0.2, 0.25) is 0 Å². The van der Waals surface area contributed by atoms with E-state index < -0.39 is 16.8 Å². The first-order valence-electron chi connectivity index (χ1n) is 10.0. The molecule has 0 fully saturated rings. The van der Waals surface area contributed by atoms with Gasteiger partial charge in [0, 0.05) is 23.3 Å². The minimum absolute atomic E-state index is 0.191. The van der Waals surface area contributed by atoms with E-state index in [2.05, 4.69) is 87.8 Å². The summed E-state index contributed by atoms with van der Waals surface area (Å²) in [5.41, 5.74) is -1.53. The van der Waals surface area contributed by atoms with Gasteiger partial charge in [0.05, 0.1) is 25.8 Å². The van der Waals surface area contributed by atoms with Gasteiger partial charge in [-0.15, -0.1) is 0 Å². The lowest BCUT2D eigenvalue weighted by molar-refractivity contribution is -0.200. The summed E-state index contributed by atoms with van der Waals surface area (Å²) >= 11 is 1.37. The van der Waals surface area contributed by atoms with Crippen LogP contribution in [0.25, 0.3) is 0 Å². The lowest BCUT2D eigenvalue weighted by Gasteiger charge is -2.50. The zero-order valence-electron chi connectivity index (χ0n) is 19.9. The Labute approximate surface area is 174 Å². The van der Waals surface area contributed by atoms with Gasteiger partial charge in [0.15, 0.2) is 5.12 Å². The Kier molecular flexibility index (Phi) is 10.0. The zero-order chi connectivity index (χ0) is 21.8. The third-order valence-electron chi connectivity index (χ3n) is 5.59. The topological polar surface area (TPSA) is 38.8 Å². The number of thioether (sulfide) groups is 1. The zero-order valence-corrected chi connectivity index (χ0v) is 21.8. The molecular formula is C21H44NO3PS. The van der Waals surface area contributed by atoms with E-state index in [0.29, 0.717) is 18.5 Å². The Bertz CT molecular complexity index is 480. The molecule has 0 bridgehead atoms. The van der Waals surface area contributed by atoms with Crippen LogP contribution in [0.3, 0.4) is 0 Å². The van der Waals surface area contributed by atoms with E-state index in [9.17, 15) is 4.79 Å². The molecule has 0 amide bonds. The predicted molar refractivity (Wildman–Crippen MR) is 122 cm³/mol. The minimum atomic E-state index is -0.532. The summed E-state index contributed by atoms with van der Waals surface area (Å²) in [5.74, 6) is 0. The third-order valence-corrected chi connectivity index (χ3v) is 8.95. The lowest BCUT2D eigenvalue weighted by atomic mass is 9.86. The van der Waals surface area contributed by atoms with Crippen molar-refractivity contribution in [1.82, 2.24) is 4.67 Å². The second-order valence-electron chi connectivity index (χ2n) is 9.76. The molecule has 0 aliphatic carbocycles. The number of hydrogen-bond donors (Lipinski definition) is 0. The van der Waals surface area contributed by atoms with Crippen LogP contribution >= 0.6 is 20.7 Å². The third kappa shape index (κ3) is 7.59. The van der Waals surface area contributed by atoms with Crippen molar-refractivity contribution in [1.29, 1.82) is 0 Å². The molecule has 0 heterocycles. The fourth-order valence-corrected chi connectivity index (χ4v) is 4.46. The Hall–Kier alpha value is 0.330. The number of carbonyl (C=O) groups excluding carboxylic acids is 1. The van der Waals surface area contributed by atoms with E-state index in [4.69, 9.17) is 9.26 Å². The summed E-state index contributed by atoms with van der Waals surface area (Å²) in [6.45, 7) is 27.3. The number of nitrogens with zero attached hydrogens (tertiary/aromatic N) is 1. The Morgan fingerprint density at radius 3 is 1.70 bits per heavy atom. The molecule has 0 aliphatic heterocycles. The molecule has 1 atom stereocenters. The highest BCUT2D eigenvalue weighted by molar-refractivity contribution is 8.14. The van der Waals surface area contributed by atoms with Crippen LogP contribution in [-0.2, 0) is 14.1 Å². The Balaban J connectivity index is 5.32. The van der Waals surface area contributed by atoms with Crippen LogP contribution in [-0.4, -0.2) is 43.4 Å². The van der Waals surface area contributed by atoms with Gasteiger partial charge in [0.25, 0.3) is 0 Å². The minimum Gasteiger partial charge on any atom is -0.365 e. The summed E-state index contributed by atoms with van der Waals surface area (Å²) in [7, 11) is 0.272. The number of ether oxygens (including phenoxy) is 1. The molecule has 4 nitrogen and oxygen atoms in total. The molecule has 6 heteroatoms. The van der Waals surface area contributed by atoms with E-state index >= 15 is 0 Å². The lowest BCUT2D eigenvalue weighted by Crippen LogP contribution is -2.57. The quantitative estimate of drug-likeness (QED) is 0.359. The maximum Gasteiger partial charge on any atom is 0.189 e. The summed E-state index contributed by atoms with van der Waals surface area (Å²) < 4.78 is 15.0. The van der Waals surface area contributed by atoms with Crippen molar-refractivity contribution in [2.75, 3.05) is 0 Å². The predicted octanol–water partition coefficient (Wildman–Crippen LogP) is 6.43. The summed E-state index contributed by atoms with van der Waals surface area (Å²) in [5, 5.41) is 0.191. The molecule has 1 unspecified atom stereocenters. The van der Waals surface area contributed by atoms with E-state index in [1.54, 1.807) is 0 Å². The van der Waals surface area contributed by atoms with Crippen molar-refractivity contribution < 1.29 is 14.1 Å². The molecular weight excluding hydrogens is 377 g/mol. The molecule has 0 saturated heterocycles. The molecule has 0 rings (SSSR count). The van der Waals surface area contributed by atoms with Crippen molar-refractivity contribution in [2.45, 2.75) is 130 Å². The van der Waals surface area contributed by atoms with E-state index in [-0.39, 0.29) is 18.8 Å². The van der Waals surface area contributed by atoms with Crippen molar-refractivity contribution >= 4 is 25.8 Å². The van der Waals surface area contributed by atoms with Crippen LogP contribution in [0.5, 0.6) is 0 Å². The molecule has 0 spiro atoms. The smallest absolute Gasteiger partial charge is 0.189 e. The molecule has 0 aromatic carbocycles. The van der Waals surface area contributed by atoms with Crippen molar-refractivity contribution in [3.05, 3.63) is 0 Å². The highest BCUT2D eigenvalue weighted by atomic mass is 32.2. The van der Waals surface area contributed by atoms with Crippen molar-refractivity contribution in [3.63, 3.8) is 0 Å². The van der Waals surface area contributed by atoms with Gasteiger partial charge in [-0.1, -0.05) is 18.7 Å². The molecule has 0 radical (unpaired) electrons. The summed E-state index contributed by atoms with van der Waals surface area (Å²) in [6, 6.07) is 0.852. The second-order valence-corrected chi connectivity index (χ2v) is 12.3. The highest BCUT2D eigenvalue weighted by Gasteiger charge is 2.49. The molecule has 0 saturated carbocycles. The molecule has 27 heavy (non-hydrogen) atoms. The first-order valence-corrected chi connectivity index (χ1v) is 11.7. The Morgan fingerprint density at radius 2 is 1.33 bits per heavy atom. The normalized spacial score (nSPS) is 15.0. The van der Waals surface area contributed by atoms with E-state index in [1.165, 1.54) is 11.8 Å². The fraction of sp³-hybridized carbons (Fsp3) is 0.952.